The molecule has 0 bridgehead atoms. The van der Waals surface area contributed by atoms with Gasteiger partial charge in [-0.15, -0.1) is 0 Å². The summed E-state index contributed by atoms with van der Waals surface area (Å²) in [4.78, 5) is 2.63. The number of rotatable bonds is 6. The fourth-order valence-electron chi connectivity index (χ4n) is 2.25. The molecule has 0 aromatic carbocycles. The highest BCUT2D eigenvalue weighted by molar-refractivity contribution is 4.69. The van der Waals surface area contributed by atoms with Gasteiger partial charge in [-0.3, -0.25) is 0 Å². The van der Waals surface area contributed by atoms with Crippen molar-refractivity contribution in [3.05, 3.63) is 0 Å². The Bertz CT molecular complexity index is 138. The highest BCUT2D eigenvalue weighted by atomic mass is 16.5. The molecule has 1 rings (SSSR count). The summed E-state index contributed by atoms with van der Waals surface area (Å²) in [6, 6.07) is 0. The topological polar surface area (TPSA) is 12.5 Å². The normalized spacial score (nSPS) is 24.0. The number of nitrogens with zero attached hydrogens (tertiary/aromatic N) is 1. The smallest absolute Gasteiger partial charge is 0.0462 e. The van der Waals surface area contributed by atoms with Gasteiger partial charge in [-0.25, -0.2) is 0 Å². The molecule has 0 N–H and O–H groups in total. The lowest BCUT2D eigenvalue weighted by molar-refractivity contribution is 0.171. The van der Waals surface area contributed by atoms with E-state index in [0.717, 1.165) is 12.5 Å². The molecule has 0 saturated carbocycles. The van der Waals surface area contributed by atoms with Crippen molar-refractivity contribution in [2.45, 2.75) is 39.0 Å². The fourth-order valence-corrected chi connectivity index (χ4v) is 2.25. The van der Waals surface area contributed by atoms with Gasteiger partial charge in [0.05, 0.1) is 0 Å². The molecule has 0 radical (unpaired) electrons. The maximum atomic E-state index is 5.04. The molecule has 0 aromatic heterocycles. The molecule has 0 unspecified atom stereocenters. The fraction of sp³-hybridized carbons (Fsp3) is 1.00. The third-order valence-electron chi connectivity index (χ3n) is 3.06. The summed E-state index contributed by atoms with van der Waals surface area (Å²) in [7, 11) is 1.78. The van der Waals surface area contributed by atoms with Gasteiger partial charge < -0.3 is 9.64 Å². The van der Waals surface area contributed by atoms with E-state index in [-0.39, 0.29) is 0 Å². The molecule has 1 heterocycles. The minimum atomic E-state index is 0.919. The summed E-state index contributed by atoms with van der Waals surface area (Å²) < 4.78 is 5.04. The SMILES string of the molecule is COCCCCCN1CCC[C@H](C)C1. The first kappa shape index (κ1) is 12.0. The van der Waals surface area contributed by atoms with Crippen molar-refractivity contribution in [2.24, 2.45) is 5.92 Å². The Hall–Kier alpha value is -0.0800. The van der Waals surface area contributed by atoms with Gasteiger partial charge in [-0.2, -0.15) is 0 Å². The number of likely N-dealkylation sites (tertiary alicyclic amines) is 1. The number of ether oxygens (including phenoxy) is 1. The molecule has 0 aromatic rings. The van der Waals surface area contributed by atoms with Gasteiger partial charge in [0, 0.05) is 20.3 Å². The van der Waals surface area contributed by atoms with Crippen LogP contribution in [-0.2, 0) is 4.74 Å². The number of hydrogen-bond donors (Lipinski definition) is 0. The third kappa shape index (κ3) is 4.97. The van der Waals surface area contributed by atoms with E-state index in [2.05, 4.69) is 11.8 Å². The van der Waals surface area contributed by atoms with Crippen LogP contribution in [0, 0.1) is 5.92 Å². The van der Waals surface area contributed by atoms with Crippen LogP contribution in [0.2, 0.25) is 0 Å². The second-order valence-electron chi connectivity index (χ2n) is 4.60. The van der Waals surface area contributed by atoms with Crippen molar-refractivity contribution in [3.8, 4) is 0 Å². The van der Waals surface area contributed by atoms with E-state index in [1.54, 1.807) is 7.11 Å². The van der Waals surface area contributed by atoms with E-state index < -0.39 is 0 Å². The van der Waals surface area contributed by atoms with Gasteiger partial charge in [-0.1, -0.05) is 6.92 Å². The lowest BCUT2D eigenvalue weighted by atomic mass is 10.00. The predicted molar refractivity (Wildman–Crippen MR) is 60.6 cm³/mol. The zero-order valence-corrected chi connectivity index (χ0v) is 9.80. The first-order chi connectivity index (χ1) is 6.83. The number of piperidine rings is 1. The summed E-state index contributed by atoms with van der Waals surface area (Å²) in [5.41, 5.74) is 0. The maximum Gasteiger partial charge on any atom is 0.0462 e. The second-order valence-corrected chi connectivity index (χ2v) is 4.60. The zero-order valence-electron chi connectivity index (χ0n) is 9.80. The van der Waals surface area contributed by atoms with Crippen molar-refractivity contribution in [2.75, 3.05) is 33.4 Å². The summed E-state index contributed by atoms with van der Waals surface area (Å²) >= 11 is 0. The minimum absolute atomic E-state index is 0.919. The van der Waals surface area contributed by atoms with E-state index in [0.29, 0.717) is 0 Å². The Labute approximate surface area is 88.6 Å². The largest absolute Gasteiger partial charge is 0.385 e. The molecular weight excluding hydrogens is 174 g/mol. The molecule has 1 aliphatic heterocycles. The molecule has 2 nitrogen and oxygen atoms in total. The van der Waals surface area contributed by atoms with Crippen LogP contribution in [0.1, 0.15) is 39.0 Å². The van der Waals surface area contributed by atoms with Crippen molar-refractivity contribution < 1.29 is 4.74 Å². The Morgan fingerprint density at radius 3 is 2.86 bits per heavy atom. The molecule has 1 fully saturated rings. The van der Waals surface area contributed by atoms with Gasteiger partial charge >= 0.3 is 0 Å². The Kier molecular flexibility index (Phi) is 6.20. The number of unbranched alkanes of at least 4 members (excludes halogenated alkanes) is 2. The van der Waals surface area contributed by atoms with Crippen LogP contribution < -0.4 is 0 Å². The van der Waals surface area contributed by atoms with E-state index in [9.17, 15) is 0 Å². The molecule has 0 amide bonds. The van der Waals surface area contributed by atoms with Crippen molar-refractivity contribution >= 4 is 0 Å². The lowest BCUT2D eigenvalue weighted by Gasteiger charge is -2.30. The van der Waals surface area contributed by atoms with Crippen molar-refractivity contribution in [1.82, 2.24) is 4.90 Å². The highest BCUT2D eigenvalue weighted by Crippen LogP contribution is 2.15. The molecule has 1 atom stereocenters. The van der Waals surface area contributed by atoms with Gasteiger partial charge in [0.1, 0.15) is 0 Å². The van der Waals surface area contributed by atoms with E-state index in [1.807, 2.05) is 0 Å². The predicted octanol–water partition coefficient (Wildman–Crippen LogP) is 2.54. The minimum Gasteiger partial charge on any atom is -0.385 e. The summed E-state index contributed by atoms with van der Waals surface area (Å²) in [6.45, 7) is 7.25. The van der Waals surface area contributed by atoms with Crippen LogP contribution in [0.5, 0.6) is 0 Å². The van der Waals surface area contributed by atoms with Crippen LogP contribution >= 0.6 is 0 Å². The van der Waals surface area contributed by atoms with Crippen molar-refractivity contribution in [3.63, 3.8) is 0 Å². The van der Waals surface area contributed by atoms with Gasteiger partial charge in [0.15, 0.2) is 0 Å². The first-order valence-corrected chi connectivity index (χ1v) is 6.04. The average Bonchev–Trinajstić information content (AvgIpc) is 2.18. The van der Waals surface area contributed by atoms with Crippen LogP contribution in [0.3, 0.4) is 0 Å². The maximum absolute atomic E-state index is 5.04. The van der Waals surface area contributed by atoms with Crippen LogP contribution in [0.25, 0.3) is 0 Å². The molecule has 0 aliphatic carbocycles. The van der Waals surface area contributed by atoms with Gasteiger partial charge in [0.2, 0.25) is 0 Å². The van der Waals surface area contributed by atoms with Gasteiger partial charge in [-0.05, 0) is 51.1 Å². The van der Waals surface area contributed by atoms with Crippen LogP contribution in [-0.4, -0.2) is 38.3 Å². The molecule has 1 saturated heterocycles. The second kappa shape index (κ2) is 7.24. The molecule has 1 aliphatic rings. The average molecular weight is 199 g/mol. The Morgan fingerprint density at radius 2 is 2.14 bits per heavy atom. The Morgan fingerprint density at radius 1 is 1.29 bits per heavy atom. The molecule has 14 heavy (non-hydrogen) atoms. The lowest BCUT2D eigenvalue weighted by Crippen LogP contribution is -2.34. The summed E-state index contributed by atoms with van der Waals surface area (Å²) in [5, 5.41) is 0. The van der Waals surface area contributed by atoms with E-state index >= 15 is 0 Å². The summed E-state index contributed by atoms with van der Waals surface area (Å²) in [5.74, 6) is 0.919. The number of methoxy groups -OCH3 is 1. The number of hydrogen-bond acceptors (Lipinski definition) is 2. The molecule has 2 heteroatoms. The monoisotopic (exact) mass is 199 g/mol. The first-order valence-electron chi connectivity index (χ1n) is 6.04. The quantitative estimate of drug-likeness (QED) is 0.610. The molecule has 0 spiro atoms. The molecular formula is C12H25NO. The van der Waals surface area contributed by atoms with E-state index in [4.69, 9.17) is 4.74 Å². The summed E-state index contributed by atoms with van der Waals surface area (Å²) in [6.07, 6.45) is 6.72. The van der Waals surface area contributed by atoms with Crippen molar-refractivity contribution in [1.29, 1.82) is 0 Å². The standard InChI is InChI=1S/C12H25NO/c1-12-7-6-9-13(11-12)8-4-3-5-10-14-2/h12H,3-11H2,1-2H3/t12-/m0/s1. The van der Waals surface area contributed by atoms with Crippen LogP contribution in [0.4, 0.5) is 0 Å². The highest BCUT2D eigenvalue weighted by Gasteiger charge is 2.14. The Balaban J connectivity index is 1.95. The zero-order chi connectivity index (χ0) is 10.2. The van der Waals surface area contributed by atoms with Gasteiger partial charge in [0.25, 0.3) is 0 Å². The van der Waals surface area contributed by atoms with Crippen LogP contribution in [0.15, 0.2) is 0 Å². The van der Waals surface area contributed by atoms with E-state index in [1.165, 1.54) is 51.7 Å². The third-order valence-corrected chi connectivity index (χ3v) is 3.06. The molecule has 84 valence electrons.